The number of nitrogens with zero attached hydrogens (tertiary/aromatic N) is 3. The molecule has 1 fully saturated rings. The summed E-state index contributed by atoms with van der Waals surface area (Å²) in [5.74, 6) is 0.189. The highest BCUT2D eigenvalue weighted by Gasteiger charge is 2.36. The second kappa shape index (κ2) is 11.5. The summed E-state index contributed by atoms with van der Waals surface area (Å²) >= 11 is 1.71. The fraction of sp³-hybridized carbons (Fsp3) is 0.652. The molecule has 158 valence electrons. The molecule has 2 aliphatic heterocycles. The first-order valence-electron chi connectivity index (χ1n) is 11.2. The van der Waals surface area contributed by atoms with E-state index in [9.17, 15) is 4.79 Å². The van der Waals surface area contributed by atoms with Gasteiger partial charge in [0.2, 0.25) is 11.1 Å². The summed E-state index contributed by atoms with van der Waals surface area (Å²) in [6.07, 6.45) is 13.3. The van der Waals surface area contributed by atoms with Crippen molar-refractivity contribution in [2.75, 3.05) is 6.54 Å². The van der Waals surface area contributed by atoms with Gasteiger partial charge < -0.3 is 5.32 Å². The predicted molar refractivity (Wildman–Crippen MR) is 122 cm³/mol. The third-order valence-corrected chi connectivity index (χ3v) is 6.94. The number of aliphatic imine (C=N–C) groups is 1. The molecule has 0 bridgehead atoms. The van der Waals surface area contributed by atoms with Crippen molar-refractivity contribution in [3.63, 3.8) is 0 Å². The molecule has 1 aromatic carbocycles. The van der Waals surface area contributed by atoms with Crippen LogP contribution in [0.5, 0.6) is 0 Å². The van der Waals surface area contributed by atoms with Crippen LogP contribution in [0.4, 0.5) is 5.69 Å². The number of thioether (sulfide) groups is 1. The van der Waals surface area contributed by atoms with Gasteiger partial charge in [0.25, 0.3) is 0 Å². The lowest BCUT2D eigenvalue weighted by Gasteiger charge is -2.23. The van der Waals surface area contributed by atoms with Crippen LogP contribution in [-0.4, -0.2) is 22.5 Å². The molecule has 0 aliphatic carbocycles. The van der Waals surface area contributed by atoms with Crippen LogP contribution in [0, 0.1) is 6.92 Å². The molecular weight excluding hydrogens is 380 g/mol. The van der Waals surface area contributed by atoms with E-state index in [0.717, 1.165) is 48.6 Å². The first kappa shape index (κ1) is 22.0. The summed E-state index contributed by atoms with van der Waals surface area (Å²) < 4.78 is 0. The minimum absolute atomic E-state index is 0.189. The van der Waals surface area contributed by atoms with Crippen molar-refractivity contribution in [3.8, 4) is 0 Å². The molecule has 3 rings (SSSR count). The third kappa shape index (κ3) is 7.25. The number of azo groups is 1. The Hall–Kier alpha value is -1.69. The van der Waals surface area contributed by atoms with Crippen LogP contribution in [0.25, 0.3) is 0 Å². The summed E-state index contributed by atoms with van der Waals surface area (Å²) in [7, 11) is 0. The molecule has 0 aromatic heterocycles. The summed E-state index contributed by atoms with van der Waals surface area (Å²) in [5, 5.41) is 13.0. The molecule has 5 nitrogen and oxygen atoms in total. The highest BCUT2D eigenvalue weighted by molar-refractivity contribution is 8.15. The normalized spacial score (nSPS) is 26.7. The van der Waals surface area contributed by atoms with Gasteiger partial charge in [0, 0.05) is 13.0 Å². The van der Waals surface area contributed by atoms with E-state index in [2.05, 4.69) is 23.4 Å². The van der Waals surface area contributed by atoms with Gasteiger partial charge in [-0.15, -0.1) is 5.11 Å². The van der Waals surface area contributed by atoms with Crippen molar-refractivity contribution in [2.45, 2.75) is 88.8 Å². The molecule has 1 aromatic rings. The van der Waals surface area contributed by atoms with Crippen molar-refractivity contribution in [3.05, 3.63) is 29.8 Å². The molecule has 0 saturated carbocycles. The molecule has 1 amide bonds. The lowest BCUT2D eigenvalue weighted by molar-refractivity contribution is -0.121. The number of amidine groups is 1. The van der Waals surface area contributed by atoms with Gasteiger partial charge in [-0.05, 0) is 44.2 Å². The largest absolute Gasteiger partial charge is 0.356 e. The number of carbonyl (C=O) groups is 1. The smallest absolute Gasteiger partial charge is 0.219 e. The maximum absolute atomic E-state index is 12.0. The fourth-order valence-corrected chi connectivity index (χ4v) is 5.08. The average Bonchev–Trinajstić information content (AvgIpc) is 3.11. The number of para-hydroxylation sites is 1. The van der Waals surface area contributed by atoms with Gasteiger partial charge in [0.15, 0.2) is 0 Å². The maximum Gasteiger partial charge on any atom is 0.219 e. The van der Waals surface area contributed by atoms with Gasteiger partial charge in [0.05, 0.1) is 5.69 Å². The summed E-state index contributed by atoms with van der Waals surface area (Å²) in [5.41, 5.74) is 2.11. The number of aryl methyl sites for hydroxylation is 1. The molecular formula is C23H34N4OS. The molecule has 2 aliphatic rings. The van der Waals surface area contributed by atoms with Crippen molar-refractivity contribution in [2.24, 2.45) is 15.2 Å². The average molecular weight is 415 g/mol. The molecule has 1 spiro atoms. The molecule has 29 heavy (non-hydrogen) atoms. The van der Waals surface area contributed by atoms with Crippen molar-refractivity contribution in [1.29, 1.82) is 0 Å². The molecule has 1 atom stereocenters. The molecule has 2 heterocycles. The Balaban J connectivity index is 1.62. The van der Waals surface area contributed by atoms with Gasteiger partial charge in [0.1, 0.15) is 4.87 Å². The monoisotopic (exact) mass is 414 g/mol. The van der Waals surface area contributed by atoms with Crippen LogP contribution in [0.3, 0.4) is 0 Å². The molecule has 1 N–H and O–H groups in total. The summed E-state index contributed by atoms with van der Waals surface area (Å²) in [4.78, 5) is 16.5. The van der Waals surface area contributed by atoms with Crippen molar-refractivity contribution in [1.82, 2.24) is 5.32 Å². The topological polar surface area (TPSA) is 66.2 Å². The summed E-state index contributed by atoms with van der Waals surface area (Å²) in [6, 6.07) is 8.13. The minimum Gasteiger partial charge on any atom is -0.356 e. The van der Waals surface area contributed by atoms with E-state index >= 15 is 0 Å². The highest BCUT2D eigenvalue weighted by Crippen LogP contribution is 2.44. The zero-order valence-electron chi connectivity index (χ0n) is 17.7. The van der Waals surface area contributed by atoms with Crippen LogP contribution < -0.4 is 5.32 Å². The zero-order chi connectivity index (χ0) is 20.4. The quantitative estimate of drug-likeness (QED) is 0.556. The number of carbonyl (C=O) groups excluding carboxylic acids is 1. The van der Waals surface area contributed by atoms with E-state index in [-0.39, 0.29) is 10.8 Å². The van der Waals surface area contributed by atoms with E-state index in [1.165, 1.54) is 44.9 Å². The number of hydrogen-bond acceptors (Lipinski definition) is 4. The lowest BCUT2D eigenvalue weighted by Crippen LogP contribution is -2.27. The van der Waals surface area contributed by atoms with Crippen LogP contribution in [0.1, 0.15) is 82.6 Å². The van der Waals surface area contributed by atoms with E-state index in [1.54, 1.807) is 11.8 Å². The zero-order valence-corrected chi connectivity index (χ0v) is 18.5. The second-order valence-corrected chi connectivity index (χ2v) is 9.54. The van der Waals surface area contributed by atoms with E-state index in [1.807, 2.05) is 18.2 Å². The number of amides is 1. The number of benzene rings is 1. The Morgan fingerprint density at radius 3 is 2.45 bits per heavy atom. The molecule has 6 heteroatoms. The van der Waals surface area contributed by atoms with E-state index < -0.39 is 0 Å². The minimum atomic E-state index is -0.219. The molecule has 1 saturated heterocycles. The number of nitrogens with one attached hydrogen (secondary N) is 1. The van der Waals surface area contributed by atoms with Crippen LogP contribution in [0.15, 0.2) is 39.5 Å². The Kier molecular flexibility index (Phi) is 8.71. The van der Waals surface area contributed by atoms with Crippen molar-refractivity contribution >= 4 is 28.5 Å². The number of hydrogen-bond donors (Lipinski definition) is 1. The Morgan fingerprint density at radius 1 is 0.966 bits per heavy atom. The Bertz CT molecular complexity index is 733. The maximum atomic E-state index is 12.0. The summed E-state index contributed by atoms with van der Waals surface area (Å²) in [6.45, 7) is 2.79. The van der Waals surface area contributed by atoms with Crippen molar-refractivity contribution < 1.29 is 4.79 Å². The van der Waals surface area contributed by atoms with E-state index in [4.69, 9.17) is 10.1 Å². The van der Waals surface area contributed by atoms with Gasteiger partial charge in [-0.1, -0.05) is 74.9 Å². The number of rotatable bonds is 1. The van der Waals surface area contributed by atoms with Crippen LogP contribution in [0.2, 0.25) is 0 Å². The van der Waals surface area contributed by atoms with Crippen LogP contribution in [-0.2, 0) is 4.79 Å². The Labute approximate surface area is 179 Å². The van der Waals surface area contributed by atoms with Gasteiger partial charge in [-0.25, -0.2) is 4.99 Å². The standard InChI is InChI=1S/C23H34N4OS/c1-19-13-9-10-14-20(19)25-22-26-27-23(29-22)16-11-7-5-3-2-4-6-8-15-21(28)24-18-12-17-23/h9-10,13-14H,2-8,11-12,15-18H2,1H3,(H,24,28). The third-order valence-electron chi connectivity index (χ3n) is 5.72. The van der Waals surface area contributed by atoms with Gasteiger partial charge in [-0.3, -0.25) is 4.79 Å². The highest BCUT2D eigenvalue weighted by atomic mass is 32.2. The SMILES string of the molecule is Cc1ccccc1N=C1N=NC2(CCCCCCCCCCC(=O)NCCC2)S1. The second-order valence-electron chi connectivity index (χ2n) is 8.21. The first-order chi connectivity index (χ1) is 14.2. The lowest BCUT2D eigenvalue weighted by atomic mass is 10.0. The van der Waals surface area contributed by atoms with Gasteiger partial charge >= 0.3 is 0 Å². The van der Waals surface area contributed by atoms with E-state index in [0.29, 0.717) is 6.42 Å². The fourth-order valence-electron chi connectivity index (χ4n) is 3.94. The molecule has 1 unspecified atom stereocenters. The van der Waals surface area contributed by atoms with Gasteiger partial charge in [-0.2, -0.15) is 5.11 Å². The first-order valence-corrected chi connectivity index (χ1v) is 12.0. The Morgan fingerprint density at radius 2 is 1.66 bits per heavy atom. The van der Waals surface area contributed by atoms with Crippen LogP contribution >= 0.6 is 11.8 Å². The predicted octanol–water partition coefficient (Wildman–Crippen LogP) is 6.69. The molecule has 0 radical (unpaired) electrons.